The fourth-order valence-corrected chi connectivity index (χ4v) is 4.61. The van der Waals surface area contributed by atoms with Gasteiger partial charge in [-0.2, -0.15) is 11.8 Å². The fraction of sp³-hybridized carbons (Fsp3) is 0.235. The zero-order chi connectivity index (χ0) is 17.4. The van der Waals surface area contributed by atoms with Gasteiger partial charge in [0, 0.05) is 30.0 Å². The van der Waals surface area contributed by atoms with Crippen molar-refractivity contribution in [3.05, 3.63) is 51.2 Å². The number of nitrogen functional groups attached to an aromatic ring is 1. The molecule has 1 aliphatic heterocycles. The van der Waals surface area contributed by atoms with Gasteiger partial charge in [0.2, 0.25) is 5.78 Å². The highest BCUT2D eigenvalue weighted by atomic mass is 32.2. The molecule has 0 unspecified atom stereocenters. The van der Waals surface area contributed by atoms with Crippen LogP contribution in [0, 0.1) is 0 Å². The Kier molecular flexibility index (Phi) is 4.22. The summed E-state index contributed by atoms with van der Waals surface area (Å²) in [6.45, 7) is 1.76. The predicted molar refractivity (Wildman–Crippen MR) is 102 cm³/mol. The van der Waals surface area contributed by atoms with Crippen molar-refractivity contribution in [1.82, 2.24) is 4.98 Å². The minimum atomic E-state index is -0.660. The van der Waals surface area contributed by atoms with E-state index in [4.69, 9.17) is 10.2 Å². The molecule has 0 saturated carbocycles. The molecule has 3 heterocycles. The number of thiazole rings is 1. The van der Waals surface area contributed by atoms with Gasteiger partial charge in [0.15, 0.2) is 5.13 Å². The molecule has 0 radical (unpaired) electrons. The lowest BCUT2D eigenvalue weighted by Crippen LogP contribution is -2.32. The molecule has 8 heteroatoms. The summed E-state index contributed by atoms with van der Waals surface area (Å²) in [6, 6.07) is 8.64. The molecule has 6 nitrogen and oxygen atoms in total. The number of carbonyl (C=O) groups is 1. The van der Waals surface area contributed by atoms with Crippen molar-refractivity contribution in [1.29, 1.82) is 0 Å². The van der Waals surface area contributed by atoms with Crippen LogP contribution in [0.15, 0.2) is 39.5 Å². The van der Waals surface area contributed by atoms with Gasteiger partial charge in [0.25, 0.3) is 0 Å². The number of fused-ring (bicyclic) bond motifs is 1. The predicted octanol–water partition coefficient (Wildman–Crippen LogP) is 2.62. The first-order valence-electron chi connectivity index (χ1n) is 7.80. The van der Waals surface area contributed by atoms with Gasteiger partial charge in [-0.25, -0.2) is 9.78 Å². The molecular weight excluding hydrogens is 358 g/mol. The topological polar surface area (TPSA) is 89.4 Å². The van der Waals surface area contributed by atoms with Gasteiger partial charge in [-0.3, -0.25) is 4.79 Å². The van der Waals surface area contributed by atoms with E-state index in [0.29, 0.717) is 11.0 Å². The zero-order valence-corrected chi connectivity index (χ0v) is 14.9. The Bertz CT molecular complexity index is 1010. The van der Waals surface area contributed by atoms with Crippen LogP contribution in [0.2, 0.25) is 0 Å². The van der Waals surface area contributed by atoms with Crippen LogP contribution < -0.4 is 16.3 Å². The molecule has 4 rings (SSSR count). The summed E-state index contributed by atoms with van der Waals surface area (Å²) in [5, 5.41) is 1.42. The van der Waals surface area contributed by atoms with E-state index in [1.165, 1.54) is 11.3 Å². The molecule has 0 bridgehead atoms. The molecule has 1 fully saturated rings. The maximum absolute atomic E-state index is 12.8. The normalized spacial score (nSPS) is 14.8. The lowest BCUT2D eigenvalue weighted by Gasteiger charge is -2.25. The monoisotopic (exact) mass is 373 g/mol. The molecule has 2 N–H and O–H groups in total. The van der Waals surface area contributed by atoms with E-state index in [1.54, 1.807) is 24.3 Å². The average Bonchev–Trinajstić information content (AvgIpc) is 3.03. The maximum Gasteiger partial charge on any atom is 0.347 e. The third-order valence-electron chi connectivity index (χ3n) is 4.02. The Balaban J connectivity index is 1.72. The first-order valence-corrected chi connectivity index (χ1v) is 9.77. The van der Waals surface area contributed by atoms with E-state index in [0.717, 1.165) is 29.7 Å². The maximum atomic E-state index is 12.8. The summed E-state index contributed by atoms with van der Waals surface area (Å²) in [7, 11) is 0. The van der Waals surface area contributed by atoms with Crippen LogP contribution in [0.1, 0.15) is 15.2 Å². The second-order valence-corrected chi connectivity index (χ2v) is 7.83. The van der Waals surface area contributed by atoms with Crippen LogP contribution in [0.3, 0.4) is 0 Å². The standard InChI is InChI=1S/C17H15N3O3S2/c18-15-14(25-17(19-15)20-5-7-24-8-6-20)13(21)11-9-10-3-1-2-4-12(10)23-16(11)22/h1-4,9H,5-8,18H2. The van der Waals surface area contributed by atoms with Gasteiger partial charge in [-0.05, 0) is 12.1 Å². The summed E-state index contributed by atoms with van der Waals surface area (Å²) in [6.07, 6.45) is 0. The van der Waals surface area contributed by atoms with Crippen molar-refractivity contribution in [3.8, 4) is 0 Å². The smallest absolute Gasteiger partial charge is 0.347 e. The lowest BCUT2D eigenvalue weighted by atomic mass is 10.1. The molecule has 0 aliphatic carbocycles. The number of rotatable bonds is 3. The van der Waals surface area contributed by atoms with E-state index in [-0.39, 0.29) is 16.3 Å². The van der Waals surface area contributed by atoms with E-state index < -0.39 is 11.4 Å². The molecule has 0 amide bonds. The van der Waals surface area contributed by atoms with E-state index in [9.17, 15) is 9.59 Å². The molecule has 3 aromatic rings. The Hall–Kier alpha value is -2.32. The van der Waals surface area contributed by atoms with Crippen LogP contribution in [-0.4, -0.2) is 35.4 Å². The number of hydrogen-bond acceptors (Lipinski definition) is 8. The molecule has 128 valence electrons. The van der Waals surface area contributed by atoms with Gasteiger partial charge >= 0.3 is 5.63 Å². The van der Waals surface area contributed by atoms with Crippen molar-refractivity contribution in [3.63, 3.8) is 0 Å². The molecule has 1 saturated heterocycles. The third-order valence-corrected chi connectivity index (χ3v) is 6.09. The number of thioether (sulfide) groups is 1. The Labute approximate surface area is 151 Å². The minimum absolute atomic E-state index is 0.0187. The first-order chi connectivity index (χ1) is 12.1. The molecule has 2 aromatic heterocycles. The van der Waals surface area contributed by atoms with Crippen LogP contribution in [0.4, 0.5) is 10.9 Å². The summed E-state index contributed by atoms with van der Waals surface area (Å²) in [5.41, 5.74) is 5.74. The van der Waals surface area contributed by atoms with E-state index >= 15 is 0 Å². The second-order valence-electron chi connectivity index (χ2n) is 5.62. The van der Waals surface area contributed by atoms with Crippen molar-refractivity contribution < 1.29 is 9.21 Å². The van der Waals surface area contributed by atoms with Gasteiger partial charge in [-0.1, -0.05) is 29.5 Å². The summed E-state index contributed by atoms with van der Waals surface area (Å²) in [5.74, 6) is 1.77. The summed E-state index contributed by atoms with van der Waals surface area (Å²) in [4.78, 5) is 31.8. The Morgan fingerprint density at radius 2 is 2.00 bits per heavy atom. The van der Waals surface area contributed by atoms with Crippen molar-refractivity contribution in [2.45, 2.75) is 0 Å². The van der Waals surface area contributed by atoms with Crippen LogP contribution >= 0.6 is 23.1 Å². The first kappa shape index (κ1) is 16.2. The summed E-state index contributed by atoms with van der Waals surface area (Å²) < 4.78 is 5.25. The quantitative estimate of drug-likeness (QED) is 0.557. The van der Waals surface area contributed by atoms with Crippen molar-refractivity contribution in [2.24, 2.45) is 0 Å². The van der Waals surface area contributed by atoms with Crippen LogP contribution in [-0.2, 0) is 0 Å². The Morgan fingerprint density at radius 3 is 2.80 bits per heavy atom. The highest BCUT2D eigenvalue weighted by Crippen LogP contribution is 2.31. The third kappa shape index (κ3) is 3.03. The number of nitrogens with zero attached hydrogens (tertiary/aromatic N) is 2. The van der Waals surface area contributed by atoms with Crippen LogP contribution in [0.25, 0.3) is 11.0 Å². The second kappa shape index (κ2) is 6.53. The largest absolute Gasteiger partial charge is 0.422 e. The van der Waals surface area contributed by atoms with Gasteiger partial charge in [-0.15, -0.1) is 0 Å². The fourth-order valence-electron chi connectivity index (χ4n) is 2.72. The molecule has 25 heavy (non-hydrogen) atoms. The zero-order valence-electron chi connectivity index (χ0n) is 13.2. The van der Waals surface area contributed by atoms with Crippen LogP contribution in [0.5, 0.6) is 0 Å². The average molecular weight is 373 g/mol. The molecule has 0 atom stereocenters. The molecule has 1 aliphatic rings. The molecule has 1 aromatic carbocycles. The van der Waals surface area contributed by atoms with Crippen molar-refractivity contribution in [2.75, 3.05) is 35.2 Å². The SMILES string of the molecule is Nc1nc(N2CCSCC2)sc1C(=O)c1cc2ccccc2oc1=O. The number of hydrogen-bond donors (Lipinski definition) is 1. The lowest BCUT2D eigenvalue weighted by molar-refractivity contribution is 0.104. The minimum Gasteiger partial charge on any atom is -0.422 e. The van der Waals surface area contributed by atoms with Gasteiger partial charge < -0.3 is 15.1 Å². The molecular formula is C17H15N3O3S2. The number of para-hydroxylation sites is 1. The Morgan fingerprint density at radius 1 is 1.24 bits per heavy atom. The highest BCUT2D eigenvalue weighted by molar-refractivity contribution is 7.99. The number of carbonyl (C=O) groups excluding carboxylic acids is 1. The molecule has 0 spiro atoms. The van der Waals surface area contributed by atoms with Gasteiger partial charge in [0.1, 0.15) is 21.8 Å². The van der Waals surface area contributed by atoms with Crippen molar-refractivity contribution >= 4 is 50.8 Å². The number of anilines is 2. The van der Waals surface area contributed by atoms with Gasteiger partial charge in [0.05, 0.1) is 0 Å². The number of benzene rings is 1. The number of ketones is 1. The highest BCUT2D eigenvalue weighted by Gasteiger charge is 2.24. The number of nitrogens with two attached hydrogens (primary N) is 1. The van der Waals surface area contributed by atoms with E-state index in [2.05, 4.69) is 9.88 Å². The number of aromatic nitrogens is 1. The summed E-state index contributed by atoms with van der Waals surface area (Å²) >= 11 is 3.13. The van der Waals surface area contributed by atoms with E-state index in [1.807, 2.05) is 17.8 Å².